The monoisotopic (exact) mass is 295 g/mol. The second-order valence-corrected chi connectivity index (χ2v) is 4.89. The second-order valence-electron chi connectivity index (χ2n) is 4.16. The zero-order chi connectivity index (χ0) is 14.0. The van der Waals surface area contributed by atoms with Gasteiger partial charge in [0.1, 0.15) is 5.84 Å². The molecule has 0 aromatic carbocycles. The zero-order valence-corrected chi connectivity index (χ0v) is 10.6. The number of halogens is 3. The van der Waals surface area contributed by atoms with Crippen LogP contribution >= 0.6 is 11.5 Å². The highest BCUT2D eigenvalue weighted by atomic mass is 32.1. The van der Waals surface area contributed by atoms with Gasteiger partial charge in [0.2, 0.25) is 11.0 Å². The minimum absolute atomic E-state index is 0.0335. The van der Waals surface area contributed by atoms with Crippen molar-refractivity contribution in [1.29, 1.82) is 0 Å². The lowest BCUT2D eigenvalue weighted by molar-refractivity contribution is -0.144. The third-order valence-electron chi connectivity index (χ3n) is 2.64. The third-order valence-corrected chi connectivity index (χ3v) is 3.39. The van der Waals surface area contributed by atoms with E-state index in [1.54, 1.807) is 4.90 Å². The summed E-state index contributed by atoms with van der Waals surface area (Å²) in [6.45, 7) is 0.354. The Bertz CT molecular complexity index is 471. The van der Waals surface area contributed by atoms with Gasteiger partial charge in [-0.25, -0.2) is 0 Å². The summed E-state index contributed by atoms with van der Waals surface area (Å²) in [4.78, 5) is 5.24. The molecule has 106 valence electrons. The van der Waals surface area contributed by atoms with Gasteiger partial charge in [0.25, 0.3) is 0 Å². The average Bonchev–Trinajstić information content (AvgIpc) is 3.04. The molecule has 1 heterocycles. The first-order valence-corrected chi connectivity index (χ1v) is 6.33. The van der Waals surface area contributed by atoms with Crippen molar-refractivity contribution >= 4 is 22.5 Å². The number of anilines is 1. The minimum Gasteiger partial charge on any atom is -0.409 e. The van der Waals surface area contributed by atoms with E-state index in [0.29, 0.717) is 18.1 Å². The van der Waals surface area contributed by atoms with Crippen molar-refractivity contribution in [2.45, 2.75) is 31.5 Å². The van der Waals surface area contributed by atoms with Crippen LogP contribution in [0.2, 0.25) is 0 Å². The summed E-state index contributed by atoms with van der Waals surface area (Å²) in [5.74, 6) is -1.09. The van der Waals surface area contributed by atoms with E-state index in [4.69, 9.17) is 10.9 Å². The van der Waals surface area contributed by atoms with Crippen molar-refractivity contribution in [2.24, 2.45) is 10.9 Å². The Kier molecular flexibility index (Phi) is 3.78. The molecule has 1 aliphatic rings. The van der Waals surface area contributed by atoms with E-state index in [2.05, 4.69) is 14.5 Å². The van der Waals surface area contributed by atoms with Crippen LogP contribution in [0.15, 0.2) is 5.16 Å². The number of oxime groups is 1. The van der Waals surface area contributed by atoms with Crippen LogP contribution in [0.5, 0.6) is 0 Å². The summed E-state index contributed by atoms with van der Waals surface area (Å²) in [6, 6.07) is 0.167. The molecule has 0 bridgehead atoms. The maximum atomic E-state index is 12.4. The quantitative estimate of drug-likeness (QED) is 0.373. The summed E-state index contributed by atoms with van der Waals surface area (Å²) >= 11 is 0.714. The van der Waals surface area contributed by atoms with Crippen LogP contribution in [0.4, 0.5) is 18.3 Å². The summed E-state index contributed by atoms with van der Waals surface area (Å²) in [5, 5.41) is 11.5. The Labute approximate surface area is 110 Å². The van der Waals surface area contributed by atoms with Gasteiger partial charge in [-0.05, 0) is 12.8 Å². The smallest absolute Gasteiger partial charge is 0.409 e. The Morgan fingerprint density at radius 2 is 2.21 bits per heavy atom. The van der Waals surface area contributed by atoms with Gasteiger partial charge in [0.15, 0.2) is 0 Å². The van der Waals surface area contributed by atoms with Gasteiger partial charge in [0.05, 0.1) is 0 Å². The molecule has 1 aliphatic carbocycles. The standard InChI is InChI=1S/C9H12F3N5OS/c10-9(11,12)7-14-8(19-16-7)17(5-1-2-5)4-3-6(13)15-18/h5,18H,1-4H2,(H2,13,15). The van der Waals surface area contributed by atoms with E-state index in [1.807, 2.05) is 0 Å². The summed E-state index contributed by atoms with van der Waals surface area (Å²) in [5.41, 5.74) is 5.36. The van der Waals surface area contributed by atoms with Crippen molar-refractivity contribution in [3.8, 4) is 0 Å². The lowest BCUT2D eigenvalue weighted by atomic mass is 10.3. The molecule has 1 aromatic heterocycles. The number of hydrogen-bond acceptors (Lipinski definition) is 6. The van der Waals surface area contributed by atoms with Gasteiger partial charge in [0, 0.05) is 30.5 Å². The van der Waals surface area contributed by atoms with E-state index < -0.39 is 12.0 Å². The SMILES string of the molecule is NC(CCN(c1nc(C(F)(F)F)ns1)C1CC1)=NO. The van der Waals surface area contributed by atoms with Crippen molar-refractivity contribution in [2.75, 3.05) is 11.4 Å². The molecule has 0 radical (unpaired) electrons. The summed E-state index contributed by atoms with van der Waals surface area (Å²) < 4.78 is 40.6. The van der Waals surface area contributed by atoms with E-state index in [-0.39, 0.29) is 23.4 Å². The van der Waals surface area contributed by atoms with Gasteiger partial charge in [-0.1, -0.05) is 5.16 Å². The van der Waals surface area contributed by atoms with Crippen LogP contribution < -0.4 is 10.6 Å². The molecule has 3 N–H and O–H groups in total. The van der Waals surface area contributed by atoms with Crippen LogP contribution in [-0.2, 0) is 6.18 Å². The van der Waals surface area contributed by atoms with Gasteiger partial charge < -0.3 is 15.8 Å². The average molecular weight is 295 g/mol. The molecule has 0 unspecified atom stereocenters. The number of amidine groups is 1. The van der Waals surface area contributed by atoms with Crippen molar-refractivity contribution in [3.05, 3.63) is 5.82 Å². The number of nitrogens with two attached hydrogens (primary N) is 1. The highest BCUT2D eigenvalue weighted by molar-refractivity contribution is 7.09. The predicted molar refractivity (Wildman–Crippen MR) is 63.3 cm³/mol. The van der Waals surface area contributed by atoms with Crippen molar-refractivity contribution in [1.82, 2.24) is 9.36 Å². The van der Waals surface area contributed by atoms with E-state index in [1.165, 1.54) is 0 Å². The zero-order valence-electron chi connectivity index (χ0n) is 9.76. The largest absolute Gasteiger partial charge is 0.452 e. The Balaban J connectivity index is 2.09. The van der Waals surface area contributed by atoms with Crippen LogP contribution in [0.1, 0.15) is 25.1 Å². The van der Waals surface area contributed by atoms with E-state index >= 15 is 0 Å². The lowest BCUT2D eigenvalue weighted by Gasteiger charge is -2.20. The molecule has 1 saturated carbocycles. The maximum absolute atomic E-state index is 12.4. The molecule has 0 aliphatic heterocycles. The number of rotatable bonds is 5. The predicted octanol–water partition coefficient (Wildman–Crippen LogP) is 1.66. The molecule has 0 atom stereocenters. The molecule has 6 nitrogen and oxygen atoms in total. The first kappa shape index (κ1) is 13.8. The first-order valence-electron chi connectivity index (χ1n) is 5.55. The molecule has 19 heavy (non-hydrogen) atoms. The molecule has 10 heteroatoms. The second kappa shape index (κ2) is 5.19. The molecule has 1 fully saturated rings. The van der Waals surface area contributed by atoms with Crippen LogP contribution in [0.25, 0.3) is 0 Å². The molecule has 0 amide bonds. The molecule has 2 rings (SSSR count). The number of nitrogens with zero attached hydrogens (tertiary/aromatic N) is 4. The van der Waals surface area contributed by atoms with Crippen molar-refractivity contribution < 1.29 is 18.4 Å². The molecule has 1 aromatic rings. The van der Waals surface area contributed by atoms with E-state index in [0.717, 1.165) is 12.8 Å². The van der Waals surface area contributed by atoms with E-state index in [9.17, 15) is 13.2 Å². The molecular weight excluding hydrogens is 283 g/mol. The van der Waals surface area contributed by atoms with Gasteiger partial charge in [-0.2, -0.15) is 22.5 Å². The van der Waals surface area contributed by atoms with Crippen LogP contribution in [0, 0.1) is 0 Å². The number of aromatic nitrogens is 2. The van der Waals surface area contributed by atoms with Gasteiger partial charge in [-0.3, -0.25) is 0 Å². The first-order chi connectivity index (χ1) is 8.91. The molecule has 0 saturated heterocycles. The number of alkyl halides is 3. The number of hydrogen-bond donors (Lipinski definition) is 2. The highest BCUT2D eigenvalue weighted by Crippen LogP contribution is 2.35. The lowest BCUT2D eigenvalue weighted by Crippen LogP contribution is -2.30. The molecular formula is C9H12F3N5OS. The maximum Gasteiger partial charge on any atom is 0.452 e. The summed E-state index contributed by atoms with van der Waals surface area (Å²) in [6.07, 6.45) is -2.47. The van der Waals surface area contributed by atoms with Crippen molar-refractivity contribution in [3.63, 3.8) is 0 Å². The topological polar surface area (TPSA) is 87.6 Å². The Morgan fingerprint density at radius 3 is 2.68 bits per heavy atom. The normalized spacial score (nSPS) is 16.7. The highest BCUT2D eigenvalue weighted by Gasteiger charge is 2.38. The fraction of sp³-hybridized carbons (Fsp3) is 0.667. The van der Waals surface area contributed by atoms with Crippen LogP contribution in [0.3, 0.4) is 0 Å². The third kappa shape index (κ3) is 3.46. The fourth-order valence-electron chi connectivity index (χ4n) is 1.55. The minimum atomic E-state index is -4.53. The summed E-state index contributed by atoms with van der Waals surface area (Å²) in [7, 11) is 0. The van der Waals surface area contributed by atoms with Gasteiger partial charge >= 0.3 is 6.18 Å². The fourth-order valence-corrected chi connectivity index (χ4v) is 2.34. The van der Waals surface area contributed by atoms with Gasteiger partial charge in [-0.15, -0.1) is 0 Å². The van der Waals surface area contributed by atoms with Crippen LogP contribution in [-0.4, -0.2) is 33.0 Å². The molecule has 0 spiro atoms. The Morgan fingerprint density at radius 1 is 1.53 bits per heavy atom. The Hall–Kier alpha value is -1.58.